The summed E-state index contributed by atoms with van der Waals surface area (Å²) in [4.78, 5) is 13.7. The highest BCUT2D eigenvalue weighted by Crippen LogP contribution is 2.25. The summed E-state index contributed by atoms with van der Waals surface area (Å²) in [5, 5.41) is 0. The number of allylic oxidation sites excluding steroid dienone is 1. The Morgan fingerprint density at radius 1 is 1.55 bits per heavy atom. The lowest BCUT2D eigenvalue weighted by atomic mass is 10.2. The maximum absolute atomic E-state index is 11.7. The van der Waals surface area contributed by atoms with Gasteiger partial charge in [-0.05, 0) is 6.92 Å². The van der Waals surface area contributed by atoms with E-state index < -0.39 is 17.7 Å². The molecule has 0 saturated heterocycles. The molecule has 0 radical (unpaired) electrons. The molecule has 0 saturated carbocycles. The van der Waals surface area contributed by atoms with Crippen LogP contribution in [0.3, 0.4) is 0 Å². The molecule has 0 bridgehead atoms. The van der Waals surface area contributed by atoms with Gasteiger partial charge in [0.15, 0.2) is 0 Å². The molecule has 0 aromatic rings. The van der Waals surface area contributed by atoms with Crippen LogP contribution in [0, 0.1) is 0 Å². The molecule has 0 aromatic heterocycles. The minimum absolute atomic E-state index is 0.592. The molecule has 0 spiro atoms. The van der Waals surface area contributed by atoms with Gasteiger partial charge in [-0.2, -0.15) is 19.1 Å². The first-order valence-electron chi connectivity index (χ1n) is 2.58. The van der Waals surface area contributed by atoms with Crippen molar-refractivity contribution in [2.75, 3.05) is 0 Å². The van der Waals surface area contributed by atoms with E-state index in [9.17, 15) is 18.0 Å². The van der Waals surface area contributed by atoms with Crippen LogP contribution >= 0.6 is 0 Å². The van der Waals surface area contributed by atoms with Gasteiger partial charge in [0.2, 0.25) is 0 Å². The third-order valence-electron chi connectivity index (χ3n) is 0.921. The summed E-state index contributed by atoms with van der Waals surface area (Å²) >= 11 is 0. The summed E-state index contributed by atoms with van der Waals surface area (Å²) in [5.41, 5.74) is -1.40. The molecule has 0 aliphatic rings. The lowest BCUT2D eigenvalue weighted by Gasteiger charge is -2.06. The Balaban J connectivity index is 4.58. The average Bonchev–Trinajstić information content (AvgIpc) is 1.86. The summed E-state index contributed by atoms with van der Waals surface area (Å²) in [6, 6.07) is 0. The smallest absolute Gasteiger partial charge is 0.370 e. The summed E-state index contributed by atoms with van der Waals surface area (Å²) in [7, 11) is 0. The van der Waals surface area contributed by atoms with Gasteiger partial charge in [-0.1, -0.05) is 6.08 Å². The minimum Gasteiger partial charge on any atom is -0.370 e. The van der Waals surface area contributed by atoms with Crippen molar-refractivity contribution >= 4 is 5.97 Å². The third kappa shape index (κ3) is 2.58. The first-order chi connectivity index (χ1) is 4.93. The van der Waals surface area contributed by atoms with E-state index in [1.807, 2.05) is 0 Å². The van der Waals surface area contributed by atoms with Gasteiger partial charge in [0, 0.05) is 0 Å². The zero-order valence-electron chi connectivity index (χ0n) is 5.61. The molecule has 0 fully saturated rings. The lowest BCUT2D eigenvalue weighted by molar-refractivity contribution is -0.151. The van der Waals surface area contributed by atoms with E-state index in [2.05, 4.69) is 10.7 Å². The molecule has 0 aromatic carbocycles. The van der Waals surface area contributed by atoms with Gasteiger partial charge in [-0.3, -0.25) is 0 Å². The van der Waals surface area contributed by atoms with E-state index in [1.165, 1.54) is 0 Å². The topological polar surface area (TPSA) is 52.3 Å². The van der Waals surface area contributed by atoms with E-state index >= 15 is 0 Å². The van der Waals surface area contributed by atoms with E-state index in [0.717, 1.165) is 6.92 Å². The van der Waals surface area contributed by atoms with Gasteiger partial charge >= 0.3 is 12.1 Å². The van der Waals surface area contributed by atoms with Gasteiger partial charge in [-0.15, -0.1) is 0 Å². The molecule has 0 aliphatic carbocycles. The maximum Gasteiger partial charge on any atom is 0.423 e. The number of alkyl halides is 3. The maximum atomic E-state index is 11.7. The van der Waals surface area contributed by atoms with Gasteiger partial charge < -0.3 is 4.84 Å². The molecular weight excluding hydrogens is 163 g/mol. The van der Waals surface area contributed by atoms with Crippen molar-refractivity contribution in [2.24, 2.45) is 5.90 Å². The minimum atomic E-state index is -4.70. The summed E-state index contributed by atoms with van der Waals surface area (Å²) in [6.07, 6.45) is -4.11. The number of carbonyl (C=O) groups is 1. The monoisotopic (exact) mass is 169 g/mol. The Morgan fingerprint density at radius 2 is 2.00 bits per heavy atom. The van der Waals surface area contributed by atoms with Crippen LogP contribution in [0.4, 0.5) is 13.2 Å². The fourth-order valence-electron chi connectivity index (χ4n) is 0.461. The molecule has 3 nitrogen and oxygen atoms in total. The molecule has 0 amide bonds. The number of nitrogens with two attached hydrogens (primary N) is 1. The molecule has 2 N–H and O–H groups in total. The average molecular weight is 169 g/mol. The largest absolute Gasteiger partial charge is 0.423 e. The first kappa shape index (κ1) is 9.96. The van der Waals surface area contributed by atoms with Crippen molar-refractivity contribution in [3.05, 3.63) is 11.6 Å². The number of hydrogen-bond acceptors (Lipinski definition) is 3. The Hall–Kier alpha value is -1.04. The number of hydrogen-bond donors (Lipinski definition) is 1. The molecule has 11 heavy (non-hydrogen) atoms. The van der Waals surface area contributed by atoms with Gasteiger partial charge in [0.1, 0.15) is 5.57 Å². The molecule has 0 aliphatic heterocycles. The second kappa shape index (κ2) is 3.38. The lowest BCUT2D eigenvalue weighted by Crippen LogP contribution is -2.23. The molecule has 0 rings (SSSR count). The van der Waals surface area contributed by atoms with Gasteiger partial charge in [-0.25, -0.2) is 4.79 Å². The second-order valence-corrected chi connectivity index (χ2v) is 1.61. The van der Waals surface area contributed by atoms with Crippen molar-refractivity contribution < 1.29 is 22.8 Å². The predicted octanol–water partition coefficient (Wildman–Crippen LogP) is 0.912. The van der Waals surface area contributed by atoms with Crippen LogP contribution in [0.1, 0.15) is 6.92 Å². The van der Waals surface area contributed by atoms with Crippen LogP contribution in [0.15, 0.2) is 11.6 Å². The summed E-state index contributed by atoms with van der Waals surface area (Å²) in [6.45, 7) is 1.07. The van der Waals surface area contributed by atoms with Crippen molar-refractivity contribution in [3.63, 3.8) is 0 Å². The number of carbonyl (C=O) groups excluding carboxylic acids is 1. The Morgan fingerprint density at radius 3 is 2.09 bits per heavy atom. The van der Waals surface area contributed by atoms with Gasteiger partial charge in [0.05, 0.1) is 0 Å². The van der Waals surface area contributed by atoms with E-state index in [4.69, 9.17) is 0 Å². The van der Waals surface area contributed by atoms with E-state index in [1.54, 1.807) is 0 Å². The molecule has 0 heterocycles. The fourth-order valence-corrected chi connectivity index (χ4v) is 0.461. The highest BCUT2D eigenvalue weighted by atomic mass is 19.4. The van der Waals surface area contributed by atoms with Crippen LogP contribution in [-0.4, -0.2) is 12.1 Å². The standard InChI is InChI=1S/C5H6F3NO2/c1-2-3(4(10)11-9)5(6,7)8/h2H,9H2,1H3/b3-2+. The van der Waals surface area contributed by atoms with Crippen LogP contribution in [-0.2, 0) is 9.63 Å². The van der Waals surface area contributed by atoms with Crippen molar-refractivity contribution in [3.8, 4) is 0 Å². The fraction of sp³-hybridized carbons (Fsp3) is 0.400. The third-order valence-corrected chi connectivity index (χ3v) is 0.921. The summed E-state index contributed by atoms with van der Waals surface area (Å²) in [5.74, 6) is 2.67. The number of halogens is 3. The van der Waals surface area contributed by atoms with Crippen molar-refractivity contribution in [1.82, 2.24) is 0 Å². The molecule has 0 unspecified atom stereocenters. The Bertz CT molecular complexity index is 185. The molecule has 0 atom stereocenters. The van der Waals surface area contributed by atoms with Crippen molar-refractivity contribution in [1.29, 1.82) is 0 Å². The van der Waals surface area contributed by atoms with E-state index in [-0.39, 0.29) is 0 Å². The van der Waals surface area contributed by atoms with Crippen molar-refractivity contribution in [2.45, 2.75) is 13.1 Å². The summed E-state index contributed by atoms with van der Waals surface area (Å²) < 4.78 is 35.2. The second-order valence-electron chi connectivity index (χ2n) is 1.61. The Kier molecular flexibility index (Phi) is 3.06. The van der Waals surface area contributed by atoms with Crippen LogP contribution in [0.2, 0.25) is 0 Å². The zero-order valence-corrected chi connectivity index (χ0v) is 5.61. The van der Waals surface area contributed by atoms with Crippen LogP contribution in [0.25, 0.3) is 0 Å². The molecular formula is C5H6F3NO2. The highest BCUT2D eigenvalue weighted by molar-refractivity contribution is 5.89. The van der Waals surface area contributed by atoms with Crippen LogP contribution in [0.5, 0.6) is 0 Å². The SMILES string of the molecule is C/C=C(\C(=O)ON)C(F)(F)F. The molecule has 64 valence electrons. The highest BCUT2D eigenvalue weighted by Gasteiger charge is 2.38. The predicted molar refractivity (Wildman–Crippen MR) is 30.1 cm³/mol. The van der Waals surface area contributed by atoms with E-state index in [0.29, 0.717) is 6.08 Å². The number of rotatable bonds is 1. The first-order valence-corrected chi connectivity index (χ1v) is 2.58. The quantitative estimate of drug-likeness (QED) is 0.469. The van der Waals surface area contributed by atoms with Crippen LogP contribution < -0.4 is 5.90 Å². The Labute approximate surface area is 60.6 Å². The molecule has 6 heteroatoms. The zero-order chi connectivity index (χ0) is 9.07. The normalized spacial score (nSPS) is 13.0. The van der Waals surface area contributed by atoms with Gasteiger partial charge in [0.25, 0.3) is 0 Å².